The number of nitrogens with zero attached hydrogens (tertiary/aromatic N) is 1. The number of nitrogens with one attached hydrogen (secondary N) is 1. The molecule has 4 aromatic rings. The summed E-state index contributed by atoms with van der Waals surface area (Å²) < 4.78 is 0. The third-order valence-electron chi connectivity index (χ3n) is 8.04. The highest BCUT2D eigenvalue weighted by molar-refractivity contribution is 6.06. The number of hydrogen-bond donors (Lipinski definition) is 2. The molecule has 1 aliphatic rings. The molecule has 0 aromatic heterocycles. The van der Waals surface area contributed by atoms with Crippen molar-refractivity contribution in [2.75, 3.05) is 11.5 Å². The predicted molar refractivity (Wildman–Crippen MR) is 163 cm³/mol. The fourth-order valence-corrected chi connectivity index (χ4v) is 5.88. The molecule has 5 rings (SSSR count). The molecule has 1 fully saturated rings. The Bertz CT molecular complexity index is 1370. The van der Waals surface area contributed by atoms with E-state index in [0.29, 0.717) is 23.9 Å². The molecule has 1 aliphatic carbocycles. The van der Waals surface area contributed by atoms with Crippen LogP contribution in [0.3, 0.4) is 0 Å². The Morgan fingerprint density at radius 2 is 1.43 bits per heavy atom. The first-order valence-electron chi connectivity index (χ1n) is 14.3. The van der Waals surface area contributed by atoms with E-state index in [9.17, 15) is 9.90 Å². The van der Waals surface area contributed by atoms with E-state index >= 15 is 0 Å². The molecular formula is C36H38N2O2. The molecular weight excluding hydrogens is 492 g/mol. The zero-order valence-corrected chi connectivity index (χ0v) is 23.0. The molecule has 0 bridgehead atoms. The third-order valence-corrected chi connectivity index (χ3v) is 8.04. The Morgan fingerprint density at radius 3 is 2.08 bits per heavy atom. The molecule has 1 amide bonds. The lowest BCUT2D eigenvalue weighted by Gasteiger charge is -2.35. The average molecular weight is 531 g/mol. The Morgan fingerprint density at radius 1 is 0.825 bits per heavy atom. The molecule has 0 spiro atoms. The van der Waals surface area contributed by atoms with E-state index in [1.807, 2.05) is 95.9 Å². The molecule has 2 N–H and O–H groups in total. The highest BCUT2D eigenvalue weighted by Gasteiger charge is 2.30. The number of allylic oxidation sites excluding steroid dienone is 1. The van der Waals surface area contributed by atoms with Crippen LogP contribution in [0.2, 0.25) is 0 Å². The van der Waals surface area contributed by atoms with Crippen molar-refractivity contribution in [2.45, 2.75) is 44.2 Å². The van der Waals surface area contributed by atoms with Crippen LogP contribution in [0.25, 0.3) is 0 Å². The molecule has 204 valence electrons. The summed E-state index contributed by atoms with van der Waals surface area (Å²) in [5.74, 6) is 0.661. The molecule has 4 nitrogen and oxygen atoms in total. The first kappa shape index (κ1) is 27.4. The number of para-hydroxylation sites is 1. The smallest absolute Gasteiger partial charge is 0.258 e. The summed E-state index contributed by atoms with van der Waals surface area (Å²) in [6.45, 7) is 4.96. The second kappa shape index (κ2) is 13.3. The highest BCUT2D eigenvalue weighted by atomic mass is 16.3. The largest absolute Gasteiger partial charge is 0.394 e. The van der Waals surface area contributed by atoms with Gasteiger partial charge in [-0.05, 0) is 59.7 Å². The van der Waals surface area contributed by atoms with Crippen molar-refractivity contribution in [3.05, 3.63) is 150 Å². The second-order valence-electron chi connectivity index (χ2n) is 10.6. The molecule has 1 saturated carbocycles. The average Bonchev–Trinajstić information content (AvgIpc) is 3.03. The van der Waals surface area contributed by atoms with E-state index in [-0.39, 0.29) is 18.6 Å². The summed E-state index contributed by atoms with van der Waals surface area (Å²) >= 11 is 0. The maximum atomic E-state index is 13.5. The summed E-state index contributed by atoms with van der Waals surface area (Å²) in [6, 6.07) is 38.0. The van der Waals surface area contributed by atoms with Crippen LogP contribution in [0.15, 0.2) is 128 Å². The summed E-state index contributed by atoms with van der Waals surface area (Å²) in [4.78, 5) is 15.3. The van der Waals surface area contributed by atoms with Gasteiger partial charge >= 0.3 is 0 Å². The van der Waals surface area contributed by atoms with Gasteiger partial charge in [0.1, 0.15) is 0 Å². The lowest BCUT2D eigenvalue weighted by Crippen LogP contribution is -2.31. The van der Waals surface area contributed by atoms with Crippen LogP contribution in [-0.2, 0) is 6.54 Å². The highest BCUT2D eigenvalue weighted by Crippen LogP contribution is 2.41. The molecule has 0 aliphatic heterocycles. The summed E-state index contributed by atoms with van der Waals surface area (Å²) in [5.41, 5.74) is 6.02. The molecule has 4 aromatic carbocycles. The standard InChI is InChI=1S/C36H38N2O2/c1-27(37-35(26-39)30-13-5-2-6-14-30)33-19-11-12-20-34(33)29-23-21-28(22-24-29)25-38(32-17-9-4-10-18-32)36(40)31-15-7-3-8-16-31/h2-10,13-18,21-24,33-35,37,39H,1,11-12,19-20,25-26H2/t33?,34-,35-/m0/s1. The zero-order chi connectivity index (χ0) is 27.7. The summed E-state index contributed by atoms with van der Waals surface area (Å²) in [6.07, 6.45) is 4.58. The van der Waals surface area contributed by atoms with Crippen LogP contribution in [0.1, 0.15) is 64.7 Å². The maximum Gasteiger partial charge on any atom is 0.258 e. The van der Waals surface area contributed by atoms with Gasteiger partial charge in [-0.2, -0.15) is 0 Å². The minimum Gasteiger partial charge on any atom is -0.394 e. The van der Waals surface area contributed by atoms with Crippen molar-refractivity contribution in [2.24, 2.45) is 5.92 Å². The monoisotopic (exact) mass is 530 g/mol. The van der Waals surface area contributed by atoms with Crippen molar-refractivity contribution in [3.8, 4) is 0 Å². The predicted octanol–water partition coefficient (Wildman–Crippen LogP) is 7.64. The molecule has 0 heterocycles. The van der Waals surface area contributed by atoms with Crippen LogP contribution < -0.4 is 10.2 Å². The molecule has 1 unspecified atom stereocenters. The van der Waals surface area contributed by atoms with Crippen molar-refractivity contribution in [1.29, 1.82) is 0 Å². The van der Waals surface area contributed by atoms with Gasteiger partial charge < -0.3 is 15.3 Å². The summed E-state index contributed by atoms with van der Waals surface area (Å²) in [7, 11) is 0. The van der Waals surface area contributed by atoms with Gasteiger partial charge in [0.05, 0.1) is 19.2 Å². The Kier molecular flexibility index (Phi) is 9.10. The van der Waals surface area contributed by atoms with E-state index in [0.717, 1.165) is 35.4 Å². The van der Waals surface area contributed by atoms with E-state index in [2.05, 4.69) is 36.2 Å². The minimum absolute atomic E-state index is 0.0116. The normalized spacial score (nSPS) is 17.5. The number of aliphatic hydroxyl groups excluding tert-OH is 1. The van der Waals surface area contributed by atoms with Crippen LogP contribution in [0, 0.1) is 5.92 Å². The van der Waals surface area contributed by atoms with Crippen molar-refractivity contribution in [1.82, 2.24) is 5.32 Å². The van der Waals surface area contributed by atoms with E-state index < -0.39 is 0 Å². The van der Waals surface area contributed by atoms with Crippen molar-refractivity contribution >= 4 is 11.6 Å². The number of carbonyl (C=O) groups is 1. The van der Waals surface area contributed by atoms with Gasteiger partial charge in [-0.3, -0.25) is 4.79 Å². The number of amides is 1. The number of carbonyl (C=O) groups excluding carboxylic acids is 1. The van der Waals surface area contributed by atoms with Crippen LogP contribution >= 0.6 is 0 Å². The van der Waals surface area contributed by atoms with Crippen LogP contribution in [-0.4, -0.2) is 17.6 Å². The van der Waals surface area contributed by atoms with Gasteiger partial charge in [0.25, 0.3) is 5.91 Å². The molecule has 0 radical (unpaired) electrons. The van der Waals surface area contributed by atoms with E-state index in [1.54, 1.807) is 0 Å². The van der Waals surface area contributed by atoms with Crippen molar-refractivity contribution in [3.63, 3.8) is 0 Å². The maximum absolute atomic E-state index is 13.5. The molecule has 40 heavy (non-hydrogen) atoms. The second-order valence-corrected chi connectivity index (χ2v) is 10.6. The van der Waals surface area contributed by atoms with Gasteiger partial charge in [0, 0.05) is 22.9 Å². The number of hydrogen-bond acceptors (Lipinski definition) is 3. The fraction of sp³-hybridized carbons (Fsp3) is 0.250. The van der Waals surface area contributed by atoms with E-state index in [4.69, 9.17) is 0 Å². The first-order valence-corrected chi connectivity index (χ1v) is 14.3. The van der Waals surface area contributed by atoms with Gasteiger partial charge in [-0.1, -0.05) is 110 Å². The number of aliphatic hydroxyl groups is 1. The van der Waals surface area contributed by atoms with Gasteiger partial charge in [-0.15, -0.1) is 0 Å². The van der Waals surface area contributed by atoms with Gasteiger partial charge in [0.2, 0.25) is 0 Å². The number of rotatable bonds is 10. The lowest BCUT2D eigenvalue weighted by molar-refractivity contribution is 0.0985. The van der Waals surface area contributed by atoms with Gasteiger partial charge in [0.15, 0.2) is 0 Å². The Balaban J connectivity index is 1.32. The third kappa shape index (κ3) is 6.52. The number of anilines is 1. The quantitative estimate of drug-likeness (QED) is 0.221. The first-order chi connectivity index (χ1) is 19.6. The summed E-state index contributed by atoms with van der Waals surface area (Å²) in [5, 5.41) is 13.6. The van der Waals surface area contributed by atoms with Crippen LogP contribution in [0.4, 0.5) is 5.69 Å². The molecule has 0 saturated heterocycles. The minimum atomic E-state index is -0.162. The molecule has 3 atom stereocenters. The molecule has 4 heteroatoms. The fourth-order valence-electron chi connectivity index (χ4n) is 5.88. The van der Waals surface area contributed by atoms with Gasteiger partial charge in [-0.25, -0.2) is 0 Å². The van der Waals surface area contributed by atoms with Crippen LogP contribution in [0.5, 0.6) is 0 Å². The Hall–Kier alpha value is -4.15. The SMILES string of the molecule is C=C(N[C@@H](CO)c1ccccc1)C1CCCC[C@H]1c1ccc(CN(C(=O)c2ccccc2)c2ccccc2)cc1. The van der Waals surface area contributed by atoms with E-state index in [1.165, 1.54) is 18.4 Å². The van der Waals surface area contributed by atoms with Crippen molar-refractivity contribution < 1.29 is 9.90 Å². The lowest BCUT2D eigenvalue weighted by atomic mass is 9.74. The zero-order valence-electron chi connectivity index (χ0n) is 23.0. The number of benzene rings is 4. The topological polar surface area (TPSA) is 52.6 Å². The Labute approximate surface area is 238 Å².